The largest absolute Gasteiger partial charge is 0.395 e. The molecule has 0 aliphatic carbocycles. The molecule has 0 amide bonds. The molecule has 1 N–H and O–H groups in total. The van der Waals surface area contributed by atoms with E-state index in [1.54, 1.807) is 24.3 Å². The molecule has 5 heteroatoms. The van der Waals surface area contributed by atoms with E-state index in [9.17, 15) is 10.1 Å². The minimum Gasteiger partial charge on any atom is -0.358 e. The number of hydrazone groups is 1. The molecule has 0 aliphatic rings. The van der Waals surface area contributed by atoms with Crippen LogP contribution in [-0.4, -0.2) is 10.8 Å². The molecule has 3 aromatic carbocycles. The Morgan fingerprint density at radius 3 is 2.32 bits per heavy atom. The number of nitrogens with one attached hydrogen (secondary N) is 1. The Bertz CT molecular complexity index is 845. The molecule has 0 bridgehead atoms. The molecule has 22 heavy (non-hydrogen) atoms. The second kappa shape index (κ2) is 6.05. The molecule has 108 valence electrons. The van der Waals surface area contributed by atoms with Crippen molar-refractivity contribution < 1.29 is 4.92 Å². The van der Waals surface area contributed by atoms with Crippen LogP contribution in [0.2, 0.25) is 0 Å². The van der Waals surface area contributed by atoms with Crippen molar-refractivity contribution in [3.05, 3.63) is 88.5 Å². The van der Waals surface area contributed by atoms with Gasteiger partial charge in [0.2, 0.25) is 0 Å². The lowest BCUT2D eigenvalue weighted by molar-refractivity contribution is -0.348. The third kappa shape index (κ3) is 2.93. The lowest BCUT2D eigenvalue weighted by Gasteiger charge is -2.02. The number of benzene rings is 3. The van der Waals surface area contributed by atoms with Gasteiger partial charge in [0.15, 0.2) is 0 Å². The zero-order valence-corrected chi connectivity index (χ0v) is 11.6. The van der Waals surface area contributed by atoms with Gasteiger partial charge in [0.25, 0.3) is 0 Å². The summed E-state index contributed by atoms with van der Waals surface area (Å²) in [6.07, 6.45) is 0. The molecule has 0 spiro atoms. The van der Waals surface area contributed by atoms with Crippen LogP contribution in [0.5, 0.6) is 0 Å². The summed E-state index contributed by atoms with van der Waals surface area (Å²) in [5.74, 6) is -0.213. The smallest absolute Gasteiger partial charge is 0.358 e. The Morgan fingerprint density at radius 2 is 1.59 bits per heavy atom. The van der Waals surface area contributed by atoms with Crippen LogP contribution < -0.4 is 5.43 Å². The summed E-state index contributed by atoms with van der Waals surface area (Å²) >= 11 is 0. The van der Waals surface area contributed by atoms with Gasteiger partial charge in [-0.25, -0.2) is 0 Å². The lowest BCUT2D eigenvalue weighted by Crippen LogP contribution is -2.15. The fourth-order valence-corrected chi connectivity index (χ4v) is 2.17. The summed E-state index contributed by atoms with van der Waals surface area (Å²) in [6.45, 7) is 0. The molecule has 0 aliphatic heterocycles. The number of amidine groups is 1. The van der Waals surface area contributed by atoms with Crippen molar-refractivity contribution in [2.75, 3.05) is 5.43 Å². The van der Waals surface area contributed by atoms with Gasteiger partial charge in [0, 0.05) is 0 Å². The number of para-hydroxylation sites is 1. The molecule has 0 heterocycles. The maximum Gasteiger partial charge on any atom is 0.395 e. The van der Waals surface area contributed by atoms with Crippen LogP contribution in [0.25, 0.3) is 10.8 Å². The minimum absolute atomic E-state index is 0.213. The number of fused-ring (bicyclic) bond motifs is 1. The molecule has 0 unspecified atom stereocenters. The van der Waals surface area contributed by atoms with Crippen LogP contribution >= 0.6 is 0 Å². The first kappa shape index (κ1) is 13.8. The van der Waals surface area contributed by atoms with Gasteiger partial charge in [-0.05, 0) is 40.0 Å². The van der Waals surface area contributed by atoms with Gasteiger partial charge in [0.05, 0.1) is 16.4 Å². The van der Waals surface area contributed by atoms with E-state index in [1.807, 2.05) is 48.5 Å². The zero-order chi connectivity index (χ0) is 15.4. The minimum atomic E-state index is -0.486. The lowest BCUT2D eigenvalue weighted by atomic mass is 10.1. The summed E-state index contributed by atoms with van der Waals surface area (Å²) in [6, 6.07) is 22.2. The molecule has 0 atom stereocenters. The van der Waals surface area contributed by atoms with Crippen LogP contribution in [0.4, 0.5) is 5.69 Å². The number of nitro groups is 1. The van der Waals surface area contributed by atoms with E-state index in [0.717, 1.165) is 10.8 Å². The van der Waals surface area contributed by atoms with Gasteiger partial charge in [-0.2, -0.15) is 5.43 Å². The molecule has 3 rings (SSSR count). The fraction of sp³-hybridized carbons (Fsp3) is 0. The first-order chi connectivity index (χ1) is 10.7. The van der Waals surface area contributed by atoms with Gasteiger partial charge in [-0.15, -0.1) is 0 Å². The predicted octanol–water partition coefficient (Wildman–Crippen LogP) is 3.89. The van der Waals surface area contributed by atoms with E-state index in [0.29, 0.717) is 11.3 Å². The Balaban J connectivity index is 1.97. The summed E-state index contributed by atoms with van der Waals surface area (Å²) in [4.78, 5) is 10.8. The first-order valence-corrected chi connectivity index (χ1v) is 6.76. The Labute approximate surface area is 127 Å². The van der Waals surface area contributed by atoms with Crippen LogP contribution in [0.1, 0.15) is 5.56 Å². The normalized spacial score (nSPS) is 11.4. The van der Waals surface area contributed by atoms with Crippen molar-refractivity contribution >= 4 is 22.3 Å². The van der Waals surface area contributed by atoms with Gasteiger partial charge in [-0.3, -0.25) is 0 Å². The molecule has 0 aromatic heterocycles. The molecule has 5 nitrogen and oxygen atoms in total. The van der Waals surface area contributed by atoms with E-state index in [1.165, 1.54) is 0 Å². The highest BCUT2D eigenvalue weighted by Gasteiger charge is 2.16. The first-order valence-electron chi connectivity index (χ1n) is 6.76. The quantitative estimate of drug-likeness (QED) is 0.344. The van der Waals surface area contributed by atoms with Crippen molar-refractivity contribution in [2.45, 2.75) is 0 Å². The molecule has 0 saturated carbocycles. The summed E-state index contributed by atoms with van der Waals surface area (Å²) in [5.41, 5.74) is 3.88. The number of hydrogen-bond donors (Lipinski definition) is 1. The van der Waals surface area contributed by atoms with E-state index in [4.69, 9.17) is 0 Å². The molecular formula is C17H13N3O2. The maximum atomic E-state index is 11.3. The summed E-state index contributed by atoms with van der Waals surface area (Å²) in [5, 5.41) is 17.2. The van der Waals surface area contributed by atoms with Gasteiger partial charge < -0.3 is 10.1 Å². The Morgan fingerprint density at radius 1 is 0.909 bits per heavy atom. The van der Waals surface area contributed by atoms with Gasteiger partial charge in [0.1, 0.15) is 0 Å². The van der Waals surface area contributed by atoms with Crippen molar-refractivity contribution in [1.82, 2.24) is 0 Å². The molecule has 0 fully saturated rings. The highest BCUT2D eigenvalue weighted by atomic mass is 16.6. The SMILES string of the molecule is O=[N+]([O-])C(=NNc1ccccc1)c1ccc2ccccc2c1. The summed E-state index contributed by atoms with van der Waals surface area (Å²) in [7, 11) is 0. The van der Waals surface area contributed by atoms with Crippen LogP contribution in [0.15, 0.2) is 77.9 Å². The topological polar surface area (TPSA) is 67.5 Å². The van der Waals surface area contributed by atoms with Gasteiger partial charge >= 0.3 is 5.84 Å². The Hall–Kier alpha value is -3.21. The van der Waals surface area contributed by atoms with E-state index < -0.39 is 4.92 Å². The number of rotatable bonds is 3. The van der Waals surface area contributed by atoms with Gasteiger partial charge in [-0.1, -0.05) is 48.5 Å². The molecule has 0 radical (unpaired) electrons. The highest BCUT2D eigenvalue weighted by Crippen LogP contribution is 2.17. The number of hydrogen-bond acceptors (Lipinski definition) is 4. The zero-order valence-electron chi connectivity index (χ0n) is 11.6. The third-order valence-electron chi connectivity index (χ3n) is 3.25. The average molecular weight is 291 g/mol. The second-order valence-corrected chi connectivity index (χ2v) is 4.73. The van der Waals surface area contributed by atoms with Crippen molar-refractivity contribution in [3.63, 3.8) is 0 Å². The number of nitrogens with zero attached hydrogens (tertiary/aromatic N) is 2. The fourth-order valence-electron chi connectivity index (χ4n) is 2.17. The predicted molar refractivity (Wildman–Crippen MR) is 87.5 cm³/mol. The van der Waals surface area contributed by atoms with Crippen LogP contribution in [-0.2, 0) is 0 Å². The molecular weight excluding hydrogens is 278 g/mol. The summed E-state index contributed by atoms with van der Waals surface area (Å²) < 4.78 is 0. The van der Waals surface area contributed by atoms with Crippen LogP contribution in [0.3, 0.4) is 0 Å². The molecule has 0 saturated heterocycles. The second-order valence-electron chi connectivity index (χ2n) is 4.73. The number of anilines is 1. The van der Waals surface area contributed by atoms with E-state index in [-0.39, 0.29) is 5.84 Å². The third-order valence-corrected chi connectivity index (χ3v) is 3.25. The molecule has 3 aromatic rings. The van der Waals surface area contributed by atoms with E-state index >= 15 is 0 Å². The highest BCUT2D eigenvalue weighted by molar-refractivity contribution is 5.97. The monoisotopic (exact) mass is 291 g/mol. The Kier molecular flexibility index (Phi) is 3.78. The van der Waals surface area contributed by atoms with Crippen molar-refractivity contribution in [1.29, 1.82) is 0 Å². The standard InChI is InChI=1S/C17H13N3O2/c21-20(22)17(19-18-16-8-2-1-3-9-16)15-11-10-13-6-4-5-7-14(13)12-15/h1-12,18H. The maximum absolute atomic E-state index is 11.3. The average Bonchev–Trinajstić information content (AvgIpc) is 2.55. The van der Waals surface area contributed by atoms with E-state index in [2.05, 4.69) is 10.5 Å². The van der Waals surface area contributed by atoms with Crippen molar-refractivity contribution in [2.24, 2.45) is 5.10 Å². The van der Waals surface area contributed by atoms with Crippen molar-refractivity contribution in [3.8, 4) is 0 Å². The van der Waals surface area contributed by atoms with Crippen LogP contribution in [0, 0.1) is 10.1 Å².